The SMILES string of the molecule is CC(C(=S)NC(C)(C#N)C(C)C)c1ccc(Cl)cc1. The first kappa shape index (κ1) is 15.9. The molecule has 0 spiro atoms. The van der Waals surface area contributed by atoms with Gasteiger partial charge >= 0.3 is 0 Å². The Balaban J connectivity index is 2.84. The van der Waals surface area contributed by atoms with Crippen molar-refractivity contribution in [3.8, 4) is 6.07 Å². The second-order valence-corrected chi connectivity index (χ2v) is 6.11. The Kier molecular flexibility index (Phi) is 5.34. The van der Waals surface area contributed by atoms with Gasteiger partial charge in [0, 0.05) is 10.9 Å². The molecule has 0 radical (unpaired) electrons. The molecule has 0 aliphatic carbocycles. The van der Waals surface area contributed by atoms with Gasteiger partial charge in [-0.3, -0.25) is 0 Å². The summed E-state index contributed by atoms with van der Waals surface area (Å²) in [5.74, 6) is 0.228. The Morgan fingerprint density at radius 3 is 2.26 bits per heavy atom. The predicted octanol–water partition coefficient (Wildman–Crippen LogP) is 4.30. The van der Waals surface area contributed by atoms with Crippen molar-refractivity contribution in [3.05, 3.63) is 34.9 Å². The highest BCUT2D eigenvalue weighted by Crippen LogP contribution is 2.22. The van der Waals surface area contributed by atoms with E-state index in [0.29, 0.717) is 10.0 Å². The summed E-state index contributed by atoms with van der Waals surface area (Å²) in [7, 11) is 0. The Bertz CT molecular complexity index is 490. The zero-order valence-electron chi connectivity index (χ0n) is 11.7. The van der Waals surface area contributed by atoms with Crippen molar-refractivity contribution in [2.24, 2.45) is 5.92 Å². The lowest BCUT2D eigenvalue weighted by Crippen LogP contribution is -2.49. The molecule has 0 heterocycles. The van der Waals surface area contributed by atoms with E-state index < -0.39 is 5.54 Å². The molecule has 4 heteroatoms. The fraction of sp³-hybridized carbons (Fsp3) is 0.467. The summed E-state index contributed by atoms with van der Waals surface area (Å²) >= 11 is 11.3. The van der Waals surface area contributed by atoms with Gasteiger partial charge in [-0.1, -0.05) is 56.7 Å². The molecule has 0 amide bonds. The average molecular weight is 295 g/mol. The molecule has 102 valence electrons. The van der Waals surface area contributed by atoms with E-state index in [1.165, 1.54) is 0 Å². The second kappa shape index (κ2) is 6.36. The highest BCUT2D eigenvalue weighted by molar-refractivity contribution is 7.80. The lowest BCUT2D eigenvalue weighted by atomic mass is 9.89. The summed E-state index contributed by atoms with van der Waals surface area (Å²) in [5.41, 5.74) is 0.448. The number of halogens is 1. The van der Waals surface area contributed by atoms with E-state index in [2.05, 4.69) is 11.4 Å². The molecule has 2 unspecified atom stereocenters. The predicted molar refractivity (Wildman–Crippen MR) is 84.5 cm³/mol. The normalized spacial score (nSPS) is 15.4. The molecule has 0 aliphatic heterocycles. The van der Waals surface area contributed by atoms with Crippen molar-refractivity contribution < 1.29 is 0 Å². The van der Waals surface area contributed by atoms with Gasteiger partial charge in [0.2, 0.25) is 0 Å². The summed E-state index contributed by atoms with van der Waals surface area (Å²) in [6.07, 6.45) is 0. The zero-order chi connectivity index (χ0) is 14.6. The van der Waals surface area contributed by atoms with Crippen molar-refractivity contribution in [1.29, 1.82) is 5.26 Å². The molecule has 0 bridgehead atoms. The Morgan fingerprint density at radius 2 is 1.84 bits per heavy atom. The summed E-state index contributed by atoms with van der Waals surface area (Å²) in [6, 6.07) is 9.92. The molecule has 1 aromatic carbocycles. The number of hydrogen-bond acceptors (Lipinski definition) is 2. The van der Waals surface area contributed by atoms with Crippen LogP contribution in [0.15, 0.2) is 24.3 Å². The average Bonchev–Trinajstić information content (AvgIpc) is 2.38. The minimum absolute atomic E-state index is 0.0543. The van der Waals surface area contributed by atoms with Gasteiger partial charge in [-0.25, -0.2) is 0 Å². The molecule has 1 N–H and O–H groups in total. The van der Waals surface area contributed by atoms with Gasteiger partial charge in [0.05, 0.1) is 11.1 Å². The Hall–Kier alpha value is -1.11. The van der Waals surface area contributed by atoms with Crippen molar-refractivity contribution in [2.45, 2.75) is 39.2 Å². The first-order valence-electron chi connectivity index (χ1n) is 6.29. The van der Waals surface area contributed by atoms with Gasteiger partial charge < -0.3 is 5.32 Å². The summed E-state index contributed by atoms with van der Waals surface area (Å²) in [4.78, 5) is 0.681. The van der Waals surface area contributed by atoms with Crippen LogP contribution in [0.2, 0.25) is 5.02 Å². The maximum absolute atomic E-state index is 9.30. The van der Waals surface area contributed by atoms with Crippen LogP contribution in [-0.4, -0.2) is 10.5 Å². The van der Waals surface area contributed by atoms with E-state index >= 15 is 0 Å². The van der Waals surface area contributed by atoms with Gasteiger partial charge in [-0.2, -0.15) is 5.26 Å². The molecule has 0 aromatic heterocycles. The maximum Gasteiger partial charge on any atom is 0.125 e. The Morgan fingerprint density at radius 1 is 1.32 bits per heavy atom. The van der Waals surface area contributed by atoms with Crippen LogP contribution in [0, 0.1) is 17.2 Å². The number of nitrogens with one attached hydrogen (secondary N) is 1. The van der Waals surface area contributed by atoms with E-state index in [9.17, 15) is 5.26 Å². The summed E-state index contributed by atoms with van der Waals surface area (Å²) in [5, 5.41) is 13.2. The largest absolute Gasteiger partial charge is 0.361 e. The third kappa shape index (κ3) is 3.92. The van der Waals surface area contributed by atoms with Crippen LogP contribution >= 0.6 is 23.8 Å². The van der Waals surface area contributed by atoms with Gasteiger partial charge in [-0.05, 0) is 30.5 Å². The standard InChI is InChI=1S/C15H19ClN2S/c1-10(2)15(4,9-17)18-14(19)11(3)12-5-7-13(16)8-6-12/h5-8,10-11H,1-4H3,(H,18,19). The highest BCUT2D eigenvalue weighted by atomic mass is 35.5. The first-order chi connectivity index (χ1) is 8.80. The number of benzene rings is 1. The third-order valence-electron chi connectivity index (χ3n) is 3.53. The van der Waals surface area contributed by atoms with Crippen LogP contribution in [0.4, 0.5) is 0 Å². The van der Waals surface area contributed by atoms with Crippen molar-refractivity contribution >= 4 is 28.8 Å². The van der Waals surface area contributed by atoms with Crippen LogP contribution in [0.5, 0.6) is 0 Å². The molecule has 1 rings (SSSR count). The zero-order valence-corrected chi connectivity index (χ0v) is 13.3. The van der Waals surface area contributed by atoms with Crippen molar-refractivity contribution in [1.82, 2.24) is 5.32 Å². The smallest absolute Gasteiger partial charge is 0.125 e. The molecular formula is C15H19ClN2S. The number of hydrogen-bond donors (Lipinski definition) is 1. The van der Waals surface area contributed by atoms with Crippen LogP contribution in [-0.2, 0) is 0 Å². The topological polar surface area (TPSA) is 35.8 Å². The molecule has 2 atom stereocenters. The summed E-state index contributed by atoms with van der Waals surface area (Å²) in [6.45, 7) is 7.91. The molecule has 0 aliphatic rings. The minimum atomic E-state index is -0.641. The van der Waals surface area contributed by atoms with E-state index in [0.717, 1.165) is 5.56 Å². The monoisotopic (exact) mass is 294 g/mol. The number of thiocarbonyl (C=S) groups is 1. The van der Waals surface area contributed by atoms with Gasteiger partial charge in [0.1, 0.15) is 5.54 Å². The Labute approximate surface area is 125 Å². The van der Waals surface area contributed by atoms with Crippen molar-refractivity contribution in [3.63, 3.8) is 0 Å². The molecular weight excluding hydrogens is 276 g/mol. The first-order valence-corrected chi connectivity index (χ1v) is 7.07. The number of rotatable bonds is 4. The lowest BCUT2D eigenvalue weighted by molar-refractivity contribution is 0.388. The minimum Gasteiger partial charge on any atom is -0.361 e. The van der Waals surface area contributed by atoms with E-state index in [4.69, 9.17) is 23.8 Å². The number of nitrogens with zero attached hydrogens (tertiary/aromatic N) is 1. The molecule has 0 saturated heterocycles. The van der Waals surface area contributed by atoms with Gasteiger partial charge in [0.15, 0.2) is 0 Å². The maximum atomic E-state index is 9.30. The van der Waals surface area contributed by atoms with E-state index in [-0.39, 0.29) is 11.8 Å². The highest BCUT2D eigenvalue weighted by Gasteiger charge is 2.30. The molecule has 2 nitrogen and oxygen atoms in total. The molecule has 1 aromatic rings. The van der Waals surface area contributed by atoms with E-state index in [1.807, 2.05) is 52.0 Å². The van der Waals surface area contributed by atoms with Crippen molar-refractivity contribution in [2.75, 3.05) is 0 Å². The number of nitriles is 1. The van der Waals surface area contributed by atoms with Crippen LogP contribution in [0.1, 0.15) is 39.2 Å². The fourth-order valence-electron chi connectivity index (χ4n) is 1.57. The molecule has 0 fully saturated rings. The van der Waals surface area contributed by atoms with Crippen LogP contribution < -0.4 is 5.32 Å². The van der Waals surface area contributed by atoms with Gasteiger partial charge in [0.25, 0.3) is 0 Å². The molecule has 0 saturated carbocycles. The van der Waals surface area contributed by atoms with Gasteiger partial charge in [-0.15, -0.1) is 0 Å². The van der Waals surface area contributed by atoms with Crippen LogP contribution in [0.25, 0.3) is 0 Å². The quantitative estimate of drug-likeness (QED) is 0.841. The molecule has 19 heavy (non-hydrogen) atoms. The fourth-order valence-corrected chi connectivity index (χ4v) is 2.04. The summed E-state index contributed by atoms with van der Waals surface area (Å²) < 4.78 is 0. The third-order valence-corrected chi connectivity index (χ3v) is 4.24. The van der Waals surface area contributed by atoms with Crippen LogP contribution in [0.3, 0.4) is 0 Å². The second-order valence-electron chi connectivity index (χ2n) is 5.23. The lowest BCUT2D eigenvalue weighted by Gasteiger charge is -2.30. The van der Waals surface area contributed by atoms with E-state index in [1.54, 1.807) is 0 Å².